The number of anilines is 1. The number of aliphatic hydroxyl groups is 1. The van der Waals surface area contributed by atoms with E-state index in [9.17, 15) is 9.90 Å². The molecule has 7 nitrogen and oxygen atoms in total. The summed E-state index contributed by atoms with van der Waals surface area (Å²) in [5, 5.41) is 11.5. The third-order valence-electron chi connectivity index (χ3n) is 5.68. The van der Waals surface area contributed by atoms with Crippen LogP contribution in [0.15, 0.2) is 42.7 Å². The molecule has 0 aliphatic carbocycles. The van der Waals surface area contributed by atoms with Crippen molar-refractivity contribution in [1.82, 2.24) is 19.9 Å². The quantitative estimate of drug-likeness (QED) is 0.622. The third kappa shape index (κ3) is 3.82. The number of likely N-dealkylation sites (N-methyl/N-ethyl adjacent to an activating group) is 1. The van der Waals surface area contributed by atoms with Gasteiger partial charge >= 0.3 is 0 Å². The summed E-state index contributed by atoms with van der Waals surface area (Å²) in [6.45, 7) is 2.49. The van der Waals surface area contributed by atoms with E-state index < -0.39 is 5.60 Å². The van der Waals surface area contributed by atoms with E-state index in [1.165, 1.54) is 11.3 Å². The number of rotatable bonds is 2. The number of likely N-dealkylation sites (tertiary alicyclic amines) is 1. The Hall–Kier alpha value is -3.15. The van der Waals surface area contributed by atoms with Gasteiger partial charge in [-0.3, -0.25) is 4.79 Å². The highest BCUT2D eigenvalue weighted by molar-refractivity contribution is 7.59. The van der Waals surface area contributed by atoms with Gasteiger partial charge in [-0.25, -0.2) is 15.0 Å². The number of hydrogen-bond acceptors (Lipinski definition) is 6. The molecule has 2 aromatic heterocycles. The van der Waals surface area contributed by atoms with Gasteiger partial charge in [0.15, 0.2) is 11.6 Å². The molecule has 0 radical (unpaired) electrons. The van der Waals surface area contributed by atoms with Crippen LogP contribution in [0.1, 0.15) is 18.4 Å². The number of fused-ring (bicyclic) bond motifs is 1. The van der Waals surface area contributed by atoms with E-state index in [1.807, 2.05) is 36.5 Å². The van der Waals surface area contributed by atoms with Crippen LogP contribution in [0.4, 0.5) is 5.82 Å². The SMILES string of the molecule is CN1CC[C@@](O)(C#Cc2cccc(-c3ncc4ccnc(N5CCC5)c4n3)c2)C1=O.S. The van der Waals surface area contributed by atoms with Crippen LogP contribution in [0.2, 0.25) is 0 Å². The molecule has 1 amide bonds. The molecular formula is C23H23N5O2S. The maximum atomic E-state index is 12.1. The molecule has 158 valence electrons. The summed E-state index contributed by atoms with van der Waals surface area (Å²) in [6.07, 6.45) is 5.09. The van der Waals surface area contributed by atoms with Gasteiger partial charge in [-0.1, -0.05) is 24.0 Å². The average molecular weight is 434 g/mol. The molecule has 0 saturated carbocycles. The fourth-order valence-corrected chi connectivity index (χ4v) is 3.72. The largest absolute Gasteiger partial charge is 0.369 e. The molecule has 2 saturated heterocycles. The fourth-order valence-electron chi connectivity index (χ4n) is 3.72. The Morgan fingerprint density at radius 3 is 2.71 bits per heavy atom. The molecule has 1 atom stereocenters. The molecule has 0 spiro atoms. The van der Waals surface area contributed by atoms with Crippen LogP contribution in [-0.4, -0.2) is 63.1 Å². The maximum Gasteiger partial charge on any atom is 0.267 e. The molecule has 3 aromatic rings. The summed E-state index contributed by atoms with van der Waals surface area (Å²) in [4.78, 5) is 29.7. The van der Waals surface area contributed by atoms with Crippen molar-refractivity contribution in [2.24, 2.45) is 0 Å². The number of aromatic nitrogens is 3. The zero-order valence-electron chi connectivity index (χ0n) is 17.2. The van der Waals surface area contributed by atoms with Crippen LogP contribution >= 0.6 is 13.5 Å². The summed E-state index contributed by atoms with van der Waals surface area (Å²) in [5.74, 6) is 6.84. The van der Waals surface area contributed by atoms with Crippen LogP contribution in [-0.2, 0) is 4.79 Å². The Kier molecular flexibility index (Phi) is 5.56. The van der Waals surface area contributed by atoms with Gasteiger partial charge < -0.3 is 14.9 Å². The molecule has 0 bridgehead atoms. The number of carbonyl (C=O) groups excluding carboxylic acids is 1. The van der Waals surface area contributed by atoms with E-state index in [0.29, 0.717) is 24.4 Å². The molecule has 31 heavy (non-hydrogen) atoms. The molecule has 8 heteroatoms. The summed E-state index contributed by atoms with van der Waals surface area (Å²) in [5.41, 5.74) is 0.750. The molecule has 5 rings (SSSR count). The molecule has 2 fully saturated rings. The first-order valence-electron chi connectivity index (χ1n) is 10.0. The van der Waals surface area contributed by atoms with Crippen molar-refractivity contribution < 1.29 is 9.90 Å². The van der Waals surface area contributed by atoms with E-state index in [1.54, 1.807) is 13.2 Å². The third-order valence-corrected chi connectivity index (χ3v) is 5.68. The Labute approximate surface area is 187 Å². The van der Waals surface area contributed by atoms with Crippen LogP contribution < -0.4 is 4.90 Å². The van der Waals surface area contributed by atoms with Crippen molar-refractivity contribution in [1.29, 1.82) is 0 Å². The van der Waals surface area contributed by atoms with Crippen molar-refractivity contribution in [3.63, 3.8) is 0 Å². The lowest BCUT2D eigenvalue weighted by Gasteiger charge is -2.32. The summed E-state index contributed by atoms with van der Waals surface area (Å²) < 4.78 is 0. The first-order valence-corrected chi connectivity index (χ1v) is 10.0. The predicted molar refractivity (Wildman–Crippen MR) is 124 cm³/mol. The molecule has 2 aliphatic heterocycles. The summed E-state index contributed by atoms with van der Waals surface area (Å²) in [6, 6.07) is 9.44. The maximum absolute atomic E-state index is 12.1. The van der Waals surface area contributed by atoms with Crippen LogP contribution in [0.5, 0.6) is 0 Å². The van der Waals surface area contributed by atoms with Crippen molar-refractivity contribution >= 4 is 36.1 Å². The highest BCUT2D eigenvalue weighted by Crippen LogP contribution is 2.28. The number of nitrogens with zero attached hydrogens (tertiary/aromatic N) is 5. The lowest BCUT2D eigenvalue weighted by Crippen LogP contribution is -2.37. The van der Waals surface area contributed by atoms with Gasteiger partial charge in [0.05, 0.1) is 0 Å². The Bertz CT molecular complexity index is 1220. The van der Waals surface area contributed by atoms with Crippen LogP contribution in [0, 0.1) is 11.8 Å². The minimum Gasteiger partial charge on any atom is -0.369 e. The van der Waals surface area contributed by atoms with E-state index >= 15 is 0 Å². The second-order valence-corrected chi connectivity index (χ2v) is 7.77. The van der Waals surface area contributed by atoms with Gasteiger partial charge in [-0.15, -0.1) is 0 Å². The zero-order valence-corrected chi connectivity index (χ0v) is 18.2. The molecule has 2 aliphatic rings. The number of pyridine rings is 1. The standard InChI is InChI=1S/C23H21N5O2.H2S/c1-27-13-9-23(30,22(27)29)8-6-16-4-2-5-17(14-16)20-25-15-18-7-10-24-21(19(18)26-20)28-11-3-12-28;/h2,4-5,7,10,14-15,30H,3,9,11-13H2,1H3;1H2/t23-;/m0./s1. The molecule has 0 unspecified atom stereocenters. The zero-order chi connectivity index (χ0) is 20.7. The first kappa shape index (κ1) is 21.1. The Morgan fingerprint density at radius 1 is 1.16 bits per heavy atom. The summed E-state index contributed by atoms with van der Waals surface area (Å²) >= 11 is 0. The van der Waals surface area contributed by atoms with Gasteiger partial charge in [0, 0.05) is 62.0 Å². The molecular weight excluding hydrogens is 410 g/mol. The topological polar surface area (TPSA) is 82.4 Å². The second kappa shape index (κ2) is 8.17. The first-order chi connectivity index (χ1) is 14.5. The second-order valence-electron chi connectivity index (χ2n) is 7.77. The highest BCUT2D eigenvalue weighted by Gasteiger charge is 2.42. The average Bonchev–Trinajstić information content (AvgIpc) is 2.99. The van der Waals surface area contributed by atoms with Crippen LogP contribution in [0.3, 0.4) is 0 Å². The number of carbonyl (C=O) groups is 1. The molecule has 1 N–H and O–H groups in total. The fraction of sp³-hybridized carbons (Fsp3) is 0.304. The van der Waals surface area contributed by atoms with Gasteiger partial charge in [-0.05, 0) is 24.6 Å². The normalized spacial score (nSPS) is 20.1. The Morgan fingerprint density at radius 2 is 2.00 bits per heavy atom. The number of amides is 1. The van der Waals surface area contributed by atoms with E-state index in [-0.39, 0.29) is 19.4 Å². The van der Waals surface area contributed by atoms with Gasteiger partial charge in [0.1, 0.15) is 5.52 Å². The predicted octanol–water partition coefficient (Wildman–Crippen LogP) is 1.96. The van der Waals surface area contributed by atoms with Crippen LogP contribution in [0.25, 0.3) is 22.3 Å². The van der Waals surface area contributed by atoms with E-state index in [0.717, 1.165) is 35.4 Å². The molecule has 4 heterocycles. The highest BCUT2D eigenvalue weighted by atomic mass is 32.1. The van der Waals surface area contributed by atoms with Crippen molar-refractivity contribution in [3.8, 4) is 23.2 Å². The number of benzene rings is 1. The van der Waals surface area contributed by atoms with E-state index in [4.69, 9.17) is 4.98 Å². The smallest absolute Gasteiger partial charge is 0.267 e. The minimum absolute atomic E-state index is 0. The number of hydrogen-bond donors (Lipinski definition) is 1. The van der Waals surface area contributed by atoms with Gasteiger partial charge in [0.25, 0.3) is 5.91 Å². The Balaban J connectivity index is 0.00000231. The van der Waals surface area contributed by atoms with Crippen molar-refractivity contribution in [2.45, 2.75) is 18.4 Å². The minimum atomic E-state index is -1.61. The van der Waals surface area contributed by atoms with E-state index in [2.05, 4.69) is 26.7 Å². The lowest BCUT2D eigenvalue weighted by atomic mass is 10.0. The summed E-state index contributed by atoms with van der Waals surface area (Å²) in [7, 11) is 1.67. The van der Waals surface area contributed by atoms with Gasteiger partial charge in [0.2, 0.25) is 5.60 Å². The monoisotopic (exact) mass is 433 g/mol. The molecule has 1 aromatic carbocycles. The van der Waals surface area contributed by atoms with Crippen molar-refractivity contribution in [2.75, 3.05) is 31.6 Å². The lowest BCUT2D eigenvalue weighted by molar-refractivity contribution is -0.137. The van der Waals surface area contributed by atoms with Gasteiger partial charge in [-0.2, -0.15) is 13.5 Å². The van der Waals surface area contributed by atoms with Crippen molar-refractivity contribution in [3.05, 3.63) is 48.3 Å².